The van der Waals surface area contributed by atoms with Crippen LogP contribution in [0.15, 0.2) is 59.2 Å². The maximum atomic E-state index is 12.5. The SMILES string of the molecule is CC(SCc1coc(-c2ccccc2)n1)C(=O)Nc1ccc2c(c1)OCCO2. The van der Waals surface area contributed by atoms with Crippen LogP contribution in [0, 0.1) is 0 Å². The van der Waals surface area contributed by atoms with E-state index in [2.05, 4.69) is 10.3 Å². The number of nitrogens with one attached hydrogen (secondary N) is 1. The van der Waals surface area contributed by atoms with E-state index in [1.807, 2.05) is 49.4 Å². The van der Waals surface area contributed by atoms with Crippen molar-refractivity contribution in [3.8, 4) is 23.0 Å². The molecule has 1 aliphatic rings. The molecule has 1 aliphatic heterocycles. The van der Waals surface area contributed by atoms with Crippen molar-refractivity contribution in [2.75, 3.05) is 18.5 Å². The molecule has 1 amide bonds. The maximum absolute atomic E-state index is 12.5. The number of carbonyl (C=O) groups is 1. The molecule has 4 rings (SSSR count). The molecule has 0 bridgehead atoms. The van der Waals surface area contributed by atoms with Gasteiger partial charge in [-0.2, -0.15) is 0 Å². The largest absolute Gasteiger partial charge is 0.486 e. The molecule has 1 aromatic heterocycles. The van der Waals surface area contributed by atoms with E-state index in [0.717, 1.165) is 11.3 Å². The van der Waals surface area contributed by atoms with E-state index in [0.29, 0.717) is 42.0 Å². The molecule has 2 aromatic carbocycles. The average Bonchev–Trinajstić information content (AvgIpc) is 3.21. The number of hydrogen-bond acceptors (Lipinski definition) is 6. The summed E-state index contributed by atoms with van der Waals surface area (Å²) in [6, 6.07) is 15.1. The lowest BCUT2D eigenvalue weighted by Gasteiger charge is -2.19. The molecule has 6 nitrogen and oxygen atoms in total. The zero-order valence-corrected chi connectivity index (χ0v) is 16.2. The first-order valence-corrected chi connectivity index (χ1v) is 10.1. The van der Waals surface area contributed by atoms with Crippen molar-refractivity contribution in [1.29, 1.82) is 0 Å². The first kappa shape index (κ1) is 18.4. The third-order valence-electron chi connectivity index (χ3n) is 4.23. The van der Waals surface area contributed by atoms with Gasteiger partial charge in [0.05, 0.1) is 10.9 Å². The van der Waals surface area contributed by atoms with Crippen molar-refractivity contribution in [1.82, 2.24) is 4.98 Å². The fourth-order valence-corrected chi connectivity index (χ4v) is 3.50. The van der Waals surface area contributed by atoms with Crippen molar-refractivity contribution in [3.05, 3.63) is 60.5 Å². The quantitative estimate of drug-likeness (QED) is 0.667. The van der Waals surface area contributed by atoms with Gasteiger partial charge in [-0.1, -0.05) is 18.2 Å². The molecule has 0 radical (unpaired) electrons. The van der Waals surface area contributed by atoms with E-state index in [-0.39, 0.29) is 11.2 Å². The van der Waals surface area contributed by atoms with Crippen LogP contribution in [-0.2, 0) is 10.5 Å². The van der Waals surface area contributed by atoms with Crippen LogP contribution in [0.1, 0.15) is 12.6 Å². The van der Waals surface area contributed by atoms with E-state index in [4.69, 9.17) is 13.9 Å². The van der Waals surface area contributed by atoms with Gasteiger partial charge in [0.2, 0.25) is 11.8 Å². The summed E-state index contributed by atoms with van der Waals surface area (Å²) >= 11 is 1.50. The predicted octanol–water partition coefficient (Wildman–Crippen LogP) is 4.37. The van der Waals surface area contributed by atoms with Crippen LogP contribution in [0.5, 0.6) is 11.5 Å². The number of nitrogens with zero attached hydrogens (tertiary/aromatic N) is 1. The molecular formula is C21H20N2O4S. The van der Waals surface area contributed by atoms with Crippen LogP contribution in [0.2, 0.25) is 0 Å². The zero-order valence-electron chi connectivity index (χ0n) is 15.4. The zero-order chi connectivity index (χ0) is 19.3. The minimum atomic E-state index is -0.245. The molecule has 144 valence electrons. The summed E-state index contributed by atoms with van der Waals surface area (Å²) in [5.74, 6) is 2.46. The number of carbonyl (C=O) groups excluding carboxylic acids is 1. The van der Waals surface area contributed by atoms with Crippen molar-refractivity contribution in [2.45, 2.75) is 17.9 Å². The standard InChI is InChI=1S/C21H20N2O4S/c1-14(20(24)22-16-7-8-18-19(11-16)26-10-9-25-18)28-13-17-12-27-21(23-17)15-5-3-2-4-6-15/h2-8,11-12,14H,9-10,13H2,1H3,(H,22,24). The van der Waals surface area contributed by atoms with Gasteiger partial charge in [-0.25, -0.2) is 4.98 Å². The first-order valence-electron chi connectivity index (χ1n) is 9.01. The van der Waals surface area contributed by atoms with Gasteiger partial charge < -0.3 is 19.2 Å². The van der Waals surface area contributed by atoms with E-state index >= 15 is 0 Å². The minimum absolute atomic E-state index is 0.0755. The number of hydrogen-bond donors (Lipinski definition) is 1. The summed E-state index contributed by atoms with van der Waals surface area (Å²) in [5.41, 5.74) is 2.43. The lowest BCUT2D eigenvalue weighted by molar-refractivity contribution is -0.115. The van der Waals surface area contributed by atoms with Crippen molar-refractivity contribution < 1.29 is 18.7 Å². The molecule has 0 spiro atoms. The molecule has 1 N–H and O–H groups in total. The Balaban J connectivity index is 1.32. The molecule has 1 atom stereocenters. The lowest BCUT2D eigenvalue weighted by Crippen LogP contribution is -2.23. The summed E-state index contributed by atoms with van der Waals surface area (Å²) in [5, 5.41) is 2.67. The number of fused-ring (bicyclic) bond motifs is 1. The monoisotopic (exact) mass is 396 g/mol. The second kappa shape index (κ2) is 8.39. The van der Waals surface area contributed by atoms with Gasteiger partial charge in [-0.15, -0.1) is 11.8 Å². The van der Waals surface area contributed by atoms with Crippen molar-refractivity contribution in [2.24, 2.45) is 0 Å². The van der Waals surface area contributed by atoms with Crippen LogP contribution in [0.3, 0.4) is 0 Å². The summed E-state index contributed by atoms with van der Waals surface area (Å²) in [7, 11) is 0. The summed E-state index contributed by atoms with van der Waals surface area (Å²) in [6.45, 7) is 2.93. The number of benzene rings is 2. The second-order valence-electron chi connectivity index (χ2n) is 6.31. The number of oxazole rings is 1. The van der Waals surface area contributed by atoms with E-state index in [9.17, 15) is 4.79 Å². The third-order valence-corrected chi connectivity index (χ3v) is 5.41. The van der Waals surface area contributed by atoms with E-state index < -0.39 is 0 Å². The van der Waals surface area contributed by atoms with Gasteiger partial charge >= 0.3 is 0 Å². The highest BCUT2D eigenvalue weighted by Crippen LogP contribution is 2.33. The van der Waals surface area contributed by atoms with Gasteiger partial charge in [0, 0.05) is 23.1 Å². The molecule has 1 unspecified atom stereocenters. The van der Waals surface area contributed by atoms with Crippen molar-refractivity contribution >= 4 is 23.4 Å². The summed E-state index contributed by atoms with van der Waals surface area (Å²) in [6.07, 6.45) is 1.64. The smallest absolute Gasteiger partial charge is 0.237 e. The molecule has 0 saturated heterocycles. The fraction of sp³-hybridized carbons (Fsp3) is 0.238. The average molecular weight is 396 g/mol. The number of anilines is 1. The third kappa shape index (κ3) is 4.31. The van der Waals surface area contributed by atoms with E-state index in [1.165, 1.54) is 11.8 Å². The Hall–Kier alpha value is -2.93. The lowest BCUT2D eigenvalue weighted by atomic mass is 10.2. The van der Waals surface area contributed by atoms with Crippen LogP contribution in [0.4, 0.5) is 5.69 Å². The Kier molecular flexibility index (Phi) is 5.53. The minimum Gasteiger partial charge on any atom is -0.486 e. The topological polar surface area (TPSA) is 73.6 Å². The normalized spacial score (nSPS) is 13.8. The second-order valence-corrected chi connectivity index (χ2v) is 7.64. The van der Waals surface area contributed by atoms with Gasteiger partial charge in [0.1, 0.15) is 19.5 Å². The Morgan fingerprint density at radius 3 is 2.75 bits per heavy atom. The molecule has 0 saturated carbocycles. The number of rotatable bonds is 6. The van der Waals surface area contributed by atoms with Crippen LogP contribution in [-0.4, -0.2) is 29.4 Å². The molecular weight excluding hydrogens is 376 g/mol. The Morgan fingerprint density at radius 2 is 1.93 bits per heavy atom. The molecule has 0 fully saturated rings. The predicted molar refractivity (Wildman–Crippen MR) is 109 cm³/mol. The number of thioether (sulfide) groups is 1. The highest BCUT2D eigenvalue weighted by atomic mass is 32.2. The molecule has 2 heterocycles. The molecule has 0 aliphatic carbocycles. The molecule has 7 heteroatoms. The highest BCUT2D eigenvalue weighted by molar-refractivity contribution is 7.99. The Labute approximate surface area is 167 Å². The van der Waals surface area contributed by atoms with Gasteiger partial charge in [0.25, 0.3) is 0 Å². The Bertz CT molecular complexity index is 958. The molecule has 28 heavy (non-hydrogen) atoms. The summed E-state index contributed by atoms with van der Waals surface area (Å²) < 4.78 is 16.6. The summed E-state index contributed by atoms with van der Waals surface area (Å²) in [4.78, 5) is 17.0. The Morgan fingerprint density at radius 1 is 1.14 bits per heavy atom. The van der Waals surface area contributed by atoms with Crippen LogP contribution >= 0.6 is 11.8 Å². The van der Waals surface area contributed by atoms with Gasteiger partial charge in [-0.05, 0) is 31.2 Å². The van der Waals surface area contributed by atoms with Crippen LogP contribution in [0.25, 0.3) is 11.5 Å². The van der Waals surface area contributed by atoms with Gasteiger partial charge in [0.15, 0.2) is 11.5 Å². The van der Waals surface area contributed by atoms with Crippen LogP contribution < -0.4 is 14.8 Å². The van der Waals surface area contributed by atoms with Crippen molar-refractivity contribution in [3.63, 3.8) is 0 Å². The highest BCUT2D eigenvalue weighted by Gasteiger charge is 2.17. The fourth-order valence-electron chi connectivity index (χ4n) is 2.74. The molecule has 3 aromatic rings. The van der Waals surface area contributed by atoms with Gasteiger partial charge in [-0.3, -0.25) is 4.79 Å². The number of ether oxygens (including phenoxy) is 2. The van der Waals surface area contributed by atoms with E-state index in [1.54, 1.807) is 12.3 Å². The maximum Gasteiger partial charge on any atom is 0.237 e. The first-order chi connectivity index (χ1) is 13.7. The number of amides is 1. The number of aromatic nitrogens is 1.